The second-order valence-corrected chi connectivity index (χ2v) is 7.70. The predicted octanol–water partition coefficient (Wildman–Crippen LogP) is 2.73. The van der Waals surface area contributed by atoms with Crippen LogP contribution in [0, 0.1) is 12.1 Å². The molecule has 8 heteroatoms. The molecule has 0 aromatic heterocycles. The van der Waals surface area contributed by atoms with Gasteiger partial charge in [-0.2, -0.15) is 0 Å². The summed E-state index contributed by atoms with van der Waals surface area (Å²) in [5, 5.41) is 6.23. The number of hydrogen-bond donors (Lipinski definition) is 0. The van der Waals surface area contributed by atoms with E-state index in [4.69, 9.17) is 23.7 Å². The molecule has 1 aromatic rings. The van der Waals surface area contributed by atoms with Gasteiger partial charge in [0.15, 0.2) is 11.5 Å². The summed E-state index contributed by atoms with van der Waals surface area (Å²) < 4.78 is 28.1. The Hall–Kier alpha value is -2.19. The molecular formula is C20H30N3O5. The molecule has 8 nitrogen and oxygen atoms in total. The maximum Gasteiger partial charge on any atom is 0.251 e. The van der Waals surface area contributed by atoms with Crippen LogP contribution in [-0.4, -0.2) is 64.5 Å². The molecule has 0 bridgehead atoms. The van der Waals surface area contributed by atoms with Crippen molar-refractivity contribution >= 4 is 11.6 Å². The van der Waals surface area contributed by atoms with E-state index in [-0.39, 0.29) is 5.41 Å². The van der Waals surface area contributed by atoms with E-state index in [1.807, 2.05) is 12.1 Å². The van der Waals surface area contributed by atoms with Crippen LogP contribution in [0.15, 0.2) is 17.2 Å². The minimum atomic E-state index is -0.181. The smallest absolute Gasteiger partial charge is 0.251 e. The van der Waals surface area contributed by atoms with Gasteiger partial charge in [-0.1, -0.05) is 20.8 Å². The van der Waals surface area contributed by atoms with Crippen LogP contribution in [0.25, 0.3) is 0 Å². The Morgan fingerprint density at radius 3 is 2.39 bits per heavy atom. The van der Waals surface area contributed by atoms with Gasteiger partial charge in [0.1, 0.15) is 6.61 Å². The average Bonchev–Trinajstić information content (AvgIpc) is 3.19. The van der Waals surface area contributed by atoms with E-state index < -0.39 is 0 Å². The van der Waals surface area contributed by atoms with Gasteiger partial charge in [-0.3, -0.25) is 4.90 Å². The van der Waals surface area contributed by atoms with E-state index in [0.29, 0.717) is 29.8 Å². The standard InChI is InChI=1S/C20H30N3O5/c1-20(2,3)19-21-23(14-28-19)15-12-16(24-4)18(25-5)17(13-15)27-11-8-22-6-9-26-10-7-22/h12-14H,6-11H2,1-5H3. The van der Waals surface area contributed by atoms with Crippen molar-refractivity contribution in [1.82, 2.24) is 4.90 Å². The molecule has 155 valence electrons. The average molecular weight is 392 g/mol. The van der Waals surface area contributed by atoms with Crippen LogP contribution in [0.4, 0.5) is 5.69 Å². The summed E-state index contributed by atoms with van der Waals surface area (Å²) in [6.45, 7) is 12.5. The number of ether oxygens (including phenoxy) is 5. The largest absolute Gasteiger partial charge is 0.493 e. The number of rotatable bonds is 7. The Bertz CT molecular complexity index is 696. The van der Waals surface area contributed by atoms with Crippen LogP contribution in [0.2, 0.25) is 0 Å². The maximum atomic E-state index is 6.05. The Balaban J connectivity index is 1.76. The molecule has 1 saturated heterocycles. The summed E-state index contributed by atoms with van der Waals surface area (Å²) in [7, 11) is 3.21. The van der Waals surface area contributed by atoms with Gasteiger partial charge in [-0.05, 0) is 0 Å². The summed E-state index contributed by atoms with van der Waals surface area (Å²) in [6, 6.07) is 3.73. The van der Waals surface area contributed by atoms with E-state index in [2.05, 4.69) is 30.8 Å². The Morgan fingerprint density at radius 1 is 1.07 bits per heavy atom. The topological polar surface area (TPSA) is 65.0 Å². The summed E-state index contributed by atoms with van der Waals surface area (Å²) in [5.41, 5.74) is 0.595. The van der Waals surface area contributed by atoms with Gasteiger partial charge in [-0.25, -0.2) is 5.01 Å². The molecule has 0 atom stereocenters. The second-order valence-electron chi connectivity index (χ2n) is 7.70. The molecule has 1 radical (unpaired) electrons. The molecule has 0 saturated carbocycles. The van der Waals surface area contributed by atoms with Crippen LogP contribution in [0.5, 0.6) is 17.2 Å². The van der Waals surface area contributed by atoms with Crippen LogP contribution in [-0.2, 0) is 9.47 Å². The number of hydrogen-bond acceptors (Lipinski definition) is 8. The second kappa shape index (κ2) is 8.87. The lowest BCUT2D eigenvalue weighted by Crippen LogP contribution is -2.38. The zero-order valence-corrected chi connectivity index (χ0v) is 17.4. The number of nitrogens with zero attached hydrogens (tertiary/aromatic N) is 3. The van der Waals surface area contributed by atoms with Crippen molar-refractivity contribution in [3.8, 4) is 17.2 Å². The molecule has 3 rings (SSSR count). The summed E-state index contributed by atoms with van der Waals surface area (Å²) in [5.74, 6) is 2.40. The minimum absolute atomic E-state index is 0.181. The fourth-order valence-electron chi connectivity index (χ4n) is 2.95. The first kappa shape index (κ1) is 20.5. The fourth-order valence-corrected chi connectivity index (χ4v) is 2.95. The molecule has 2 heterocycles. The van der Waals surface area contributed by atoms with Crippen LogP contribution >= 0.6 is 0 Å². The highest BCUT2D eigenvalue weighted by Crippen LogP contribution is 2.42. The van der Waals surface area contributed by atoms with E-state index in [9.17, 15) is 0 Å². The van der Waals surface area contributed by atoms with Crippen LogP contribution < -0.4 is 19.2 Å². The van der Waals surface area contributed by atoms with Crippen LogP contribution in [0.1, 0.15) is 20.8 Å². The SMILES string of the molecule is COc1cc(N2[CH]OC(C(C)(C)C)=N2)cc(OCCN2CCOCC2)c1OC. The Morgan fingerprint density at radius 2 is 1.79 bits per heavy atom. The number of benzene rings is 1. The van der Waals surface area contributed by atoms with Crippen molar-refractivity contribution in [3.63, 3.8) is 0 Å². The molecule has 2 aliphatic rings. The monoisotopic (exact) mass is 392 g/mol. The van der Waals surface area contributed by atoms with Crippen molar-refractivity contribution in [2.45, 2.75) is 20.8 Å². The highest BCUT2D eigenvalue weighted by atomic mass is 16.5. The summed E-state index contributed by atoms with van der Waals surface area (Å²) >= 11 is 0. The molecule has 0 aliphatic carbocycles. The van der Waals surface area contributed by atoms with Gasteiger partial charge < -0.3 is 23.7 Å². The molecule has 0 unspecified atom stereocenters. The normalized spacial score (nSPS) is 17.9. The third-order valence-electron chi connectivity index (χ3n) is 4.57. The predicted molar refractivity (Wildman–Crippen MR) is 107 cm³/mol. The Kier molecular flexibility index (Phi) is 6.51. The van der Waals surface area contributed by atoms with E-state index in [1.165, 1.54) is 0 Å². The zero-order chi connectivity index (χ0) is 20.1. The van der Waals surface area contributed by atoms with Crippen molar-refractivity contribution in [3.05, 3.63) is 18.9 Å². The maximum absolute atomic E-state index is 6.05. The third kappa shape index (κ3) is 4.80. The molecule has 1 fully saturated rings. The first-order valence-electron chi connectivity index (χ1n) is 9.49. The van der Waals surface area contributed by atoms with Gasteiger partial charge in [0.2, 0.25) is 11.6 Å². The Labute approximate surface area is 166 Å². The van der Waals surface area contributed by atoms with E-state index in [1.54, 1.807) is 26.0 Å². The number of hydrazone groups is 1. The number of methoxy groups -OCH3 is 2. The van der Waals surface area contributed by atoms with Crippen molar-refractivity contribution < 1.29 is 23.7 Å². The van der Waals surface area contributed by atoms with Crippen molar-refractivity contribution in [2.24, 2.45) is 10.5 Å². The first-order chi connectivity index (χ1) is 13.4. The lowest BCUT2D eigenvalue weighted by molar-refractivity contribution is 0.0321. The molecule has 2 aliphatic heterocycles. The summed E-state index contributed by atoms with van der Waals surface area (Å²) in [4.78, 5) is 2.32. The molecule has 0 amide bonds. The zero-order valence-electron chi connectivity index (χ0n) is 17.4. The van der Waals surface area contributed by atoms with Gasteiger partial charge >= 0.3 is 0 Å². The van der Waals surface area contributed by atoms with E-state index in [0.717, 1.165) is 38.5 Å². The van der Waals surface area contributed by atoms with Gasteiger partial charge in [0.05, 0.1) is 33.1 Å². The fraction of sp³-hybridized carbons (Fsp3) is 0.600. The minimum Gasteiger partial charge on any atom is -0.493 e. The van der Waals surface area contributed by atoms with Crippen molar-refractivity contribution in [1.29, 1.82) is 0 Å². The summed E-state index contributed by atoms with van der Waals surface area (Å²) in [6.07, 6.45) is 0. The molecule has 0 N–H and O–H groups in total. The number of anilines is 1. The molecule has 0 spiro atoms. The van der Waals surface area contributed by atoms with Gasteiger partial charge in [0, 0.05) is 37.2 Å². The molecule has 28 heavy (non-hydrogen) atoms. The lowest BCUT2D eigenvalue weighted by Gasteiger charge is -2.26. The van der Waals surface area contributed by atoms with Gasteiger partial charge in [-0.15, -0.1) is 5.10 Å². The third-order valence-corrected chi connectivity index (χ3v) is 4.57. The lowest BCUT2D eigenvalue weighted by atomic mass is 9.97. The highest BCUT2D eigenvalue weighted by molar-refractivity contribution is 5.85. The molecular weight excluding hydrogens is 362 g/mol. The first-order valence-corrected chi connectivity index (χ1v) is 9.49. The van der Waals surface area contributed by atoms with E-state index >= 15 is 0 Å². The highest BCUT2D eigenvalue weighted by Gasteiger charge is 2.29. The van der Waals surface area contributed by atoms with Crippen molar-refractivity contribution in [2.75, 3.05) is 58.7 Å². The van der Waals surface area contributed by atoms with Gasteiger partial charge in [0.25, 0.3) is 6.73 Å². The molecule has 1 aromatic carbocycles. The quantitative estimate of drug-likeness (QED) is 0.707. The van der Waals surface area contributed by atoms with Crippen LogP contribution in [0.3, 0.4) is 0 Å². The number of morpholine rings is 1.